The Kier molecular flexibility index (Phi) is 6.01. The number of carbonyl (C=O) groups excluding carboxylic acids is 1. The van der Waals surface area contributed by atoms with Crippen molar-refractivity contribution in [3.63, 3.8) is 0 Å². The smallest absolute Gasteiger partial charge is 0.235 e. The first-order chi connectivity index (χ1) is 11.2. The molecular weight excluding hydrogens is 304 g/mol. The normalized spacial score (nSPS) is 21.5. The van der Waals surface area contributed by atoms with Gasteiger partial charge in [-0.05, 0) is 25.3 Å². The highest BCUT2D eigenvalue weighted by atomic mass is 32.2. The van der Waals surface area contributed by atoms with Crippen LogP contribution in [0.4, 0.5) is 0 Å². The van der Waals surface area contributed by atoms with Gasteiger partial charge in [-0.2, -0.15) is 0 Å². The first-order valence-corrected chi connectivity index (χ1v) is 9.97. The lowest BCUT2D eigenvalue weighted by Crippen LogP contribution is -2.52. The van der Waals surface area contributed by atoms with Crippen LogP contribution in [0.25, 0.3) is 0 Å². The van der Waals surface area contributed by atoms with Crippen molar-refractivity contribution in [2.75, 3.05) is 26.2 Å². The minimum absolute atomic E-state index is 0.0493. The summed E-state index contributed by atoms with van der Waals surface area (Å²) in [7, 11) is 0. The van der Waals surface area contributed by atoms with Crippen molar-refractivity contribution in [1.82, 2.24) is 9.80 Å². The van der Waals surface area contributed by atoms with E-state index in [2.05, 4.69) is 41.0 Å². The molecule has 0 N–H and O–H groups in total. The Morgan fingerprint density at radius 3 is 2.43 bits per heavy atom. The maximum Gasteiger partial charge on any atom is 0.235 e. The van der Waals surface area contributed by atoms with Gasteiger partial charge in [0.2, 0.25) is 5.91 Å². The van der Waals surface area contributed by atoms with E-state index in [1.54, 1.807) is 11.8 Å². The fourth-order valence-electron chi connectivity index (χ4n) is 3.70. The molecule has 126 valence electrons. The van der Waals surface area contributed by atoms with Crippen LogP contribution in [0, 0.1) is 0 Å². The van der Waals surface area contributed by atoms with Crippen LogP contribution in [0.1, 0.15) is 38.2 Å². The molecular formula is C19H28N2OS. The zero-order valence-electron chi connectivity index (χ0n) is 14.1. The van der Waals surface area contributed by atoms with Crippen LogP contribution in [-0.4, -0.2) is 53.2 Å². The number of amides is 1. The minimum Gasteiger partial charge on any atom is -0.339 e. The van der Waals surface area contributed by atoms with Gasteiger partial charge in [0.1, 0.15) is 0 Å². The van der Waals surface area contributed by atoms with Crippen LogP contribution in [0.5, 0.6) is 0 Å². The van der Waals surface area contributed by atoms with E-state index in [1.165, 1.54) is 31.2 Å². The molecule has 0 aromatic heterocycles. The Morgan fingerprint density at radius 2 is 1.78 bits per heavy atom. The second-order valence-corrected chi connectivity index (χ2v) is 8.07. The Labute approximate surface area is 144 Å². The molecule has 0 radical (unpaired) electrons. The first kappa shape index (κ1) is 16.8. The third-order valence-corrected chi connectivity index (χ3v) is 6.36. The Balaban J connectivity index is 1.43. The zero-order chi connectivity index (χ0) is 16.1. The highest BCUT2D eigenvalue weighted by Gasteiger charge is 2.29. The van der Waals surface area contributed by atoms with Gasteiger partial charge in [0.15, 0.2) is 0 Å². The second kappa shape index (κ2) is 8.20. The standard InChI is InChI=1S/C19H28N2OS/c1-16(23-15-17-7-3-2-4-8-17)19(22)21-13-11-20(12-14-21)18-9-5-6-10-18/h2-4,7-8,16,18H,5-6,9-15H2,1H3. The number of carbonyl (C=O) groups is 1. The highest BCUT2D eigenvalue weighted by Crippen LogP contribution is 2.25. The zero-order valence-corrected chi connectivity index (χ0v) is 14.9. The summed E-state index contributed by atoms with van der Waals surface area (Å²) in [6.07, 6.45) is 5.49. The molecule has 2 aliphatic rings. The molecule has 1 aliphatic carbocycles. The number of hydrogen-bond acceptors (Lipinski definition) is 3. The van der Waals surface area contributed by atoms with Crippen molar-refractivity contribution in [3.8, 4) is 0 Å². The van der Waals surface area contributed by atoms with Gasteiger partial charge < -0.3 is 4.90 Å². The van der Waals surface area contributed by atoms with Crippen molar-refractivity contribution in [1.29, 1.82) is 0 Å². The quantitative estimate of drug-likeness (QED) is 0.826. The molecule has 1 atom stereocenters. The van der Waals surface area contributed by atoms with Crippen molar-refractivity contribution in [3.05, 3.63) is 35.9 Å². The molecule has 1 aliphatic heterocycles. The molecule has 4 heteroatoms. The van der Waals surface area contributed by atoms with Crippen LogP contribution in [0.3, 0.4) is 0 Å². The van der Waals surface area contributed by atoms with E-state index in [4.69, 9.17) is 0 Å². The second-order valence-electron chi connectivity index (χ2n) is 6.74. The predicted octanol–water partition coefficient (Wildman–Crippen LogP) is 3.40. The van der Waals surface area contributed by atoms with Crippen LogP contribution in [0.15, 0.2) is 30.3 Å². The minimum atomic E-state index is 0.0493. The van der Waals surface area contributed by atoms with E-state index in [0.29, 0.717) is 5.91 Å². The molecule has 3 rings (SSSR count). The summed E-state index contributed by atoms with van der Waals surface area (Å²) >= 11 is 1.75. The lowest BCUT2D eigenvalue weighted by molar-refractivity contribution is -0.132. The monoisotopic (exact) mass is 332 g/mol. The summed E-state index contributed by atoms with van der Waals surface area (Å²) in [5, 5.41) is 0.0493. The van der Waals surface area contributed by atoms with Gasteiger partial charge in [0.05, 0.1) is 5.25 Å². The third-order valence-electron chi connectivity index (χ3n) is 5.16. The SMILES string of the molecule is CC(SCc1ccccc1)C(=O)N1CCN(C2CCCC2)CC1. The summed E-state index contributed by atoms with van der Waals surface area (Å²) in [5.74, 6) is 1.23. The number of thioether (sulfide) groups is 1. The molecule has 23 heavy (non-hydrogen) atoms. The highest BCUT2D eigenvalue weighted by molar-refractivity contribution is 7.99. The van der Waals surface area contributed by atoms with Crippen molar-refractivity contribution >= 4 is 17.7 Å². The Bertz CT molecular complexity index is 493. The van der Waals surface area contributed by atoms with Gasteiger partial charge in [-0.3, -0.25) is 9.69 Å². The average Bonchev–Trinajstić information content (AvgIpc) is 3.15. The summed E-state index contributed by atoms with van der Waals surface area (Å²) in [6, 6.07) is 11.2. The molecule has 3 nitrogen and oxygen atoms in total. The molecule has 1 aromatic rings. The summed E-state index contributed by atoms with van der Waals surface area (Å²) < 4.78 is 0. The van der Waals surface area contributed by atoms with Gasteiger partial charge in [-0.25, -0.2) is 0 Å². The Hall–Kier alpha value is -1.00. The molecule has 1 amide bonds. The predicted molar refractivity (Wildman–Crippen MR) is 97.6 cm³/mol. The number of nitrogens with zero attached hydrogens (tertiary/aromatic N) is 2. The molecule has 0 spiro atoms. The number of rotatable bonds is 5. The van der Waals surface area contributed by atoms with E-state index >= 15 is 0 Å². The van der Waals surface area contributed by atoms with Crippen LogP contribution in [-0.2, 0) is 10.5 Å². The molecule has 1 unspecified atom stereocenters. The molecule has 0 bridgehead atoms. The van der Waals surface area contributed by atoms with E-state index < -0.39 is 0 Å². The number of piperazine rings is 1. The van der Waals surface area contributed by atoms with Gasteiger partial charge in [0, 0.05) is 38.0 Å². The van der Waals surface area contributed by atoms with Gasteiger partial charge in [-0.1, -0.05) is 43.2 Å². The lowest BCUT2D eigenvalue weighted by Gasteiger charge is -2.38. The van der Waals surface area contributed by atoms with E-state index in [9.17, 15) is 4.79 Å². The van der Waals surface area contributed by atoms with Crippen LogP contribution in [0.2, 0.25) is 0 Å². The van der Waals surface area contributed by atoms with Crippen molar-refractivity contribution in [2.45, 2.75) is 49.7 Å². The van der Waals surface area contributed by atoms with Gasteiger partial charge in [-0.15, -0.1) is 11.8 Å². The van der Waals surface area contributed by atoms with Crippen molar-refractivity contribution in [2.24, 2.45) is 0 Å². The third kappa shape index (κ3) is 4.51. The molecule has 2 fully saturated rings. The summed E-state index contributed by atoms with van der Waals surface area (Å²) in [4.78, 5) is 17.3. The first-order valence-electron chi connectivity index (χ1n) is 8.92. The Morgan fingerprint density at radius 1 is 1.13 bits per heavy atom. The maximum atomic E-state index is 12.6. The van der Waals surface area contributed by atoms with Crippen molar-refractivity contribution < 1.29 is 4.79 Å². The summed E-state index contributed by atoms with van der Waals surface area (Å²) in [6.45, 7) is 6.00. The van der Waals surface area contributed by atoms with Crippen LogP contribution < -0.4 is 0 Å². The average molecular weight is 333 g/mol. The van der Waals surface area contributed by atoms with E-state index in [0.717, 1.165) is 38.0 Å². The van der Waals surface area contributed by atoms with E-state index in [-0.39, 0.29) is 5.25 Å². The largest absolute Gasteiger partial charge is 0.339 e. The van der Waals surface area contributed by atoms with Crippen LogP contribution >= 0.6 is 11.8 Å². The van der Waals surface area contributed by atoms with Gasteiger partial charge in [0.25, 0.3) is 0 Å². The lowest BCUT2D eigenvalue weighted by atomic mass is 10.2. The number of benzene rings is 1. The van der Waals surface area contributed by atoms with Gasteiger partial charge >= 0.3 is 0 Å². The fraction of sp³-hybridized carbons (Fsp3) is 0.632. The molecule has 1 aromatic carbocycles. The number of hydrogen-bond donors (Lipinski definition) is 0. The molecule has 1 saturated carbocycles. The summed E-state index contributed by atoms with van der Waals surface area (Å²) in [5.41, 5.74) is 1.29. The molecule has 1 saturated heterocycles. The topological polar surface area (TPSA) is 23.6 Å². The fourth-order valence-corrected chi connectivity index (χ4v) is 4.63. The maximum absolute atomic E-state index is 12.6. The van der Waals surface area contributed by atoms with E-state index in [1.807, 2.05) is 6.07 Å². The molecule has 1 heterocycles.